The van der Waals surface area contributed by atoms with E-state index in [1.807, 2.05) is 0 Å². The van der Waals surface area contributed by atoms with Gasteiger partial charge in [0.1, 0.15) is 0 Å². The van der Waals surface area contributed by atoms with Crippen molar-refractivity contribution in [2.24, 2.45) is 5.92 Å². The maximum atomic E-state index is 5.87. The highest BCUT2D eigenvalue weighted by molar-refractivity contribution is 5.26. The second kappa shape index (κ2) is 7.66. The fraction of sp³-hybridized carbons (Fsp3) is 0.647. The van der Waals surface area contributed by atoms with Crippen LogP contribution in [0.3, 0.4) is 0 Å². The third kappa shape index (κ3) is 5.33. The van der Waals surface area contributed by atoms with Gasteiger partial charge in [-0.2, -0.15) is 0 Å². The molecule has 0 amide bonds. The van der Waals surface area contributed by atoms with E-state index in [1.54, 1.807) is 0 Å². The Bertz CT molecular complexity index is 373. The van der Waals surface area contributed by atoms with Crippen LogP contribution in [-0.2, 0) is 17.9 Å². The Labute approximate surface area is 117 Å². The predicted octanol–water partition coefficient (Wildman–Crippen LogP) is 3.89. The molecule has 2 rings (SSSR count). The van der Waals surface area contributed by atoms with Crippen molar-refractivity contribution < 1.29 is 4.74 Å². The Morgan fingerprint density at radius 3 is 2.68 bits per heavy atom. The first-order valence-electron chi connectivity index (χ1n) is 7.67. The van der Waals surface area contributed by atoms with Crippen LogP contribution in [0.2, 0.25) is 0 Å². The largest absolute Gasteiger partial charge is 0.376 e. The molecule has 0 aliphatic heterocycles. The first kappa shape index (κ1) is 14.5. The van der Waals surface area contributed by atoms with Crippen molar-refractivity contribution >= 4 is 0 Å². The minimum absolute atomic E-state index is 0.668. The van der Waals surface area contributed by atoms with E-state index >= 15 is 0 Å². The molecule has 0 aromatic heterocycles. The number of hydrogen-bond donors (Lipinski definition) is 1. The lowest BCUT2D eigenvalue weighted by Gasteiger charge is -2.13. The Hall–Kier alpha value is -0.860. The summed E-state index contributed by atoms with van der Waals surface area (Å²) in [4.78, 5) is 0. The van der Waals surface area contributed by atoms with Gasteiger partial charge in [0, 0.05) is 19.2 Å². The quantitative estimate of drug-likeness (QED) is 0.728. The van der Waals surface area contributed by atoms with Crippen LogP contribution in [0.25, 0.3) is 0 Å². The van der Waals surface area contributed by atoms with Gasteiger partial charge in [-0.1, -0.05) is 44.5 Å². The predicted molar refractivity (Wildman–Crippen MR) is 80.0 cm³/mol. The molecule has 0 spiro atoms. The van der Waals surface area contributed by atoms with E-state index in [-0.39, 0.29) is 0 Å². The van der Waals surface area contributed by atoms with Crippen LogP contribution >= 0.6 is 0 Å². The summed E-state index contributed by atoms with van der Waals surface area (Å²) in [5.41, 5.74) is 2.72. The van der Waals surface area contributed by atoms with E-state index in [0.717, 1.165) is 25.8 Å². The van der Waals surface area contributed by atoms with Crippen LogP contribution in [0.4, 0.5) is 0 Å². The highest BCUT2D eigenvalue weighted by Crippen LogP contribution is 2.20. The molecule has 1 N–H and O–H groups in total. The monoisotopic (exact) mass is 261 g/mol. The highest BCUT2D eigenvalue weighted by Gasteiger charge is 2.20. The van der Waals surface area contributed by atoms with E-state index in [2.05, 4.69) is 43.4 Å². The number of hydrogen-bond acceptors (Lipinski definition) is 2. The molecular formula is C17H27NO. The van der Waals surface area contributed by atoms with Crippen LogP contribution in [0, 0.1) is 5.92 Å². The lowest BCUT2D eigenvalue weighted by Crippen LogP contribution is -2.17. The molecule has 1 aromatic rings. The lowest BCUT2D eigenvalue weighted by molar-refractivity contribution is 0.0888. The number of ether oxygens (including phenoxy) is 1. The minimum Gasteiger partial charge on any atom is -0.376 e. The van der Waals surface area contributed by atoms with Crippen molar-refractivity contribution in [1.29, 1.82) is 0 Å². The Morgan fingerprint density at radius 2 is 2.00 bits per heavy atom. The number of rotatable bonds is 9. The maximum absolute atomic E-state index is 5.87. The average molecular weight is 261 g/mol. The van der Waals surface area contributed by atoms with Crippen molar-refractivity contribution in [3.63, 3.8) is 0 Å². The molecule has 1 fully saturated rings. The third-order valence-electron chi connectivity index (χ3n) is 3.72. The van der Waals surface area contributed by atoms with Crippen LogP contribution in [-0.4, -0.2) is 12.6 Å². The minimum atomic E-state index is 0.668. The van der Waals surface area contributed by atoms with Crippen molar-refractivity contribution in [1.82, 2.24) is 5.32 Å². The molecule has 2 heteroatoms. The van der Waals surface area contributed by atoms with Gasteiger partial charge >= 0.3 is 0 Å². The van der Waals surface area contributed by atoms with E-state index in [0.29, 0.717) is 5.92 Å². The molecule has 106 valence electrons. The van der Waals surface area contributed by atoms with E-state index in [1.165, 1.54) is 36.8 Å². The first-order chi connectivity index (χ1) is 9.29. The molecule has 1 aromatic carbocycles. The standard InChI is InChI=1S/C17H27NO/c1-3-6-14(2)12-19-13-16-8-5-4-7-15(16)11-18-17-9-10-17/h4-5,7-8,14,17-18H,3,6,9-13H2,1-2H3. The fourth-order valence-electron chi connectivity index (χ4n) is 2.36. The number of nitrogens with one attached hydrogen (secondary N) is 1. The van der Waals surface area contributed by atoms with Gasteiger partial charge in [0.2, 0.25) is 0 Å². The first-order valence-corrected chi connectivity index (χ1v) is 7.67. The molecular weight excluding hydrogens is 234 g/mol. The summed E-state index contributed by atoms with van der Waals surface area (Å²) >= 11 is 0. The lowest BCUT2D eigenvalue weighted by atomic mass is 10.1. The molecule has 1 saturated carbocycles. The second-order valence-electron chi connectivity index (χ2n) is 5.83. The van der Waals surface area contributed by atoms with Gasteiger partial charge in [-0.25, -0.2) is 0 Å². The normalized spacial score (nSPS) is 16.5. The summed E-state index contributed by atoms with van der Waals surface area (Å²) in [6.45, 7) is 7.10. The molecule has 0 saturated heterocycles. The summed E-state index contributed by atoms with van der Waals surface area (Å²) in [6.07, 6.45) is 5.18. The summed E-state index contributed by atoms with van der Waals surface area (Å²) in [6, 6.07) is 9.39. The Kier molecular flexibility index (Phi) is 5.87. The summed E-state index contributed by atoms with van der Waals surface area (Å²) < 4.78 is 5.87. The van der Waals surface area contributed by atoms with Gasteiger partial charge in [0.15, 0.2) is 0 Å². The Balaban J connectivity index is 1.77. The van der Waals surface area contributed by atoms with Gasteiger partial charge in [-0.05, 0) is 36.3 Å². The van der Waals surface area contributed by atoms with Crippen LogP contribution in [0.1, 0.15) is 50.7 Å². The SMILES string of the molecule is CCCC(C)COCc1ccccc1CNC1CC1. The van der Waals surface area contributed by atoms with Crippen LogP contribution in [0.5, 0.6) is 0 Å². The summed E-state index contributed by atoms with van der Waals surface area (Å²) in [5, 5.41) is 3.58. The summed E-state index contributed by atoms with van der Waals surface area (Å²) in [7, 11) is 0. The van der Waals surface area contributed by atoms with Crippen molar-refractivity contribution in [3.8, 4) is 0 Å². The van der Waals surface area contributed by atoms with Crippen LogP contribution in [0.15, 0.2) is 24.3 Å². The molecule has 1 aliphatic carbocycles. The smallest absolute Gasteiger partial charge is 0.0720 e. The zero-order valence-corrected chi connectivity index (χ0v) is 12.3. The highest BCUT2D eigenvalue weighted by atomic mass is 16.5. The van der Waals surface area contributed by atoms with E-state index in [9.17, 15) is 0 Å². The fourth-order valence-corrected chi connectivity index (χ4v) is 2.36. The van der Waals surface area contributed by atoms with E-state index < -0.39 is 0 Å². The van der Waals surface area contributed by atoms with Crippen molar-refractivity contribution in [3.05, 3.63) is 35.4 Å². The van der Waals surface area contributed by atoms with Gasteiger partial charge in [-0.15, -0.1) is 0 Å². The van der Waals surface area contributed by atoms with Gasteiger partial charge in [0.05, 0.1) is 6.61 Å². The molecule has 2 nitrogen and oxygen atoms in total. The van der Waals surface area contributed by atoms with Gasteiger partial charge < -0.3 is 10.1 Å². The zero-order chi connectivity index (χ0) is 13.5. The number of benzene rings is 1. The van der Waals surface area contributed by atoms with Gasteiger partial charge in [-0.3, -0.25) is 0 Å². The molecule has 1 atom stereocenters. The third-order valence-corrected chi connectivity index (χ3v) is 3.72. The second-order valence-corrected chi connectivity index (χ2v) is 5.83. The molecule has 1 aliphatic rings. The van der Waals surface area contributed by atoms with Crippen molar-refractivity contribution in [2.75, 3.05) is 6.61 Å². The van der Waals surface area contributed by atoms with Crippen molar-refractivity contribution in [2.45, 2.75) is 58.7 Å². The molecule has 0 heterocycles. The molecule has 0 bridgehead atoms. The maximum Gasteiger partial charge on any atom is 0.0720 e. The van der Waals surface area contributed by atoms with Crippen LogP contribution < -0.4 is 5.32 Å². The Morgan fingerprint density at radius 1 is 1.26 bits per heavy atom. The average Bonchev–Trinajstić information content (AvgIpc) is 3.22. The van der Waals surface area contributed by atoms with E-state index in [4.69, 9.17) is 4.74 Å². The zero-order valence-electron chi connectivity index (χ0n) is 12.3. The summed E-state index contributed by atoms with van der Waals surface area (Å²) in [5.74, 6) is 0.668. The molecule has 1 unspecified atom stereocenters. The molecule has 0 radical (unpaired) electrons. The molecule has 19 heavy (non-hydrogen) atoms. The van der Waals surface area contributed by atoms with Gasteiger partial charge in [0.25, 0.3) is 0 Å². The topological polar surface area (TPSA) is 21.3 Å².